The molecule has 0 bridgehead atoms. The number of hydrogen-bond acceptors (Lipinski definition) is 10. The van der Waals surface area contributed by atoms with Crippen molar-refractivity contribution in [2.75, 3.05) is 6.61 Å². The maximum Gasteiger partial charge on any atom is 0.340 e. The highest BCUT2D eigenvalue weighted by Gasteiger charge is 2.54. The molecule has 0 radical (unpaired) electrons. The van der Waals surface area contributed by atoms with Gasteiger partial charge in [0.1, 0.15) is 18.0 Å². The molecule has 2 fully saturated rings. The molecule has 2 aromatic rings. The highest BCUT2D eigenvalue weighted by Crippen LogP contribution is 2.37. The predicted octanol–water partition coefficient (Wildman–Crippen LogP) is 2.56. The van der Waals surface area contributed by atoms with E-state index in [9.17, 15) is 19.5 Å². The van der Waals surface area contributed by atoms with Crippen molar-refractivity contribution in [3.05, 3.63) is 65.2 Å². The highest BCUT2D eigenvalue weighted by atomic mass is 16.8. The molecule has 2 heterocycles. The van der Waals surface area contributed by atoms with Crippen LogP contribution in [0.2, 0.25) is 0 Å². The standard InChI is InChI=1S/C25H26O10/c1-13-4-6-16(7-5-13)23(29)35-25-22(32-15(3)27)21(31-14(2)26)20-19(33-25)12-30-24(34-20)17-8-10-18(28)11-9-17/h4-11,19-22,24-25,28H,12H2,1-3H3/t19-,20-,21+,22-,24-,25+/m1/s1. The fourth-order valence-corrected chi connectivity index (χ4v) is 3.95. The molecular formula is C25H26O10. The van der Waals surface area contributed by atoms with E-state index in [1.165, 1.54) is 26.0 Å². The number of aryl methyl sites for hydroxylation is 1. The summed E-state index contributed by atoms with van der Waals surface area (Å²) in [5, 5.41) is 9.55. The van der Waals surface area contributed by atoms with Gasteiger partial charge in [-0.2, -0.15) is 0 Å². The molecule has 0 saturated carbocycles. The molecule has 2 saturated heterocycles. The molecular weight excluding hydrogens is 460 g/mol. The first-order valence-electron chi connectivity index (χ1n) is 11.0. The fraction of sp³-hybridized carbons (Fsp3) is 0.400. The molecule has 0 aromatic heterocycles. The number of rotatable bonds is 5. The first-order chi connectivity index (χ1) is 16.7. The predicted molar refractivity (Wildman–Crippen MR) is 118 cm³/mol. The van der Waals surface area contributed by atoms with Gasteiger partial charge in [0.2, 0.25) is 12.4 Å². The van der Waals surface area contributed by atoms with Gasteiger partial charge < -0.3 is 33.5 Å². The van der Waals surface area contributed by atoms with Crippen molar-refractivity contribution < 1.29 is 47.9 Å². The van der Waals surface area contributed by atoms with Crippen LogP contribution in [0.25, 0.3) is 0 Å². The number of carbonyl (C=O) groups excluding carboxylic acids is 3. The van der Waals surface area contributed by atoms with Crippen molar-refractivity contribution in [2.24, 2.45) is 0 Å². The summed E-state index contributed by atoms with van der Waals surface area (Å²) in [7, 11) is 0. The van der Waals surface area contributed by atoms with Crippen molar-refractivity contribution in [2.45, 2.75) is 57.8 Å². The van der Waals surface area contributed by atoms with Gasteiger partial charge in [-0.15, -0.1) is 0 Å². The molecule has 6 atom stereocenters. The summed E-state index contributed by atoms with van der Waals surface area (Å²) in [5.74, 6) is -1.96. The van der Waals surface area contributed by atoms with E-state index in [1.54, 1.807) is 36.4 Å². The SMILES string of the molecule is CC(=O)O[C@@H]1[C@@H](OC(C)=O)[C@H](OC(=O)c2ccc(C)cc2)O[C@@H]2CO[C@@H](c3ccc(O)cc3)O[C@@H]12. The van der Waals surface area contributed by atoms with Gasteiger partial charge in [-0.05, 0) is 31.2 Å². The number of phenolic OH excluding ortho intramolecular Hbond substituents is 1. The maximum atomic E-state index is 12.8. The Kier molecular flexibility index (Phi) is 7.34. The number of fused-ring (bicyclic) bond motifs is 1. The lowest BCUT2D eigenvalue weighted by atomic mass is 9.97. The average Bonchev–Trinajstić information content (AvgIpc) is 2.81. The van der Waals surface area contributed by atoms with Crippen molar-refractivity contribution in [1.29, 1.82) is 0 Å². The number of esters is 3. The normalized spacial score (nSPS) is 27.9. The van der Waals surface area contributed by atoms with Gasteiger partial charge in [0.15, 0.2) is 12.4 Å². The zero-order valence-electron chi connectivity index (χ0n) is 19.4. The third-order valence-corrected chi connectivity index (χ3v) is 5.56. The third kappa shape index (κ3) is 5.79. The van der Waals surface area contributed by atoms with Crippen LogP contribution in [0.4, 0.5) is 0 Å². The Balaban J connectivity index is 1.60. The molecule has 0 unspecified atom stereocenters. The summed E-state index contributed by atoms with van der Waals surface area (Å²) in [6.45, 7) is 4.28. The molecule has 10 heteroatoms. The van der Waals surface area contributed by atoms with Gasteiger partial charge in [0.05, 0.1) is 12.2 Å². The number of aromatic hydroxyl groups is 1. The minimum absolute atomic E-state index is 0.0132. The molecule has 2 aliphatic heterocycles. The molecule has 0 spiro atoms. The van der Waals surface area contributed by atoms with Gasteiger partial charge in [-0.1, -0.05) is 29.8 Å². The Labute approximate surface area is 201 Å². The van der Waals surface area contributed by atoms with E-state index < -0.39 is 54.9 Å². The number of hydrogen-bond donors (Lipinski definition) is 1. The van der Waals surface area contributed by atoms with Crippen LogP contribution in [0.5, 0.6) is 5.75 Å². The topological polar surface area (TPSA) is 127 Å². The fourth-order valence-electron chi connectivity index (χ4n) is 3.95. The van der Waals surface area contributed by atoms with E-state index >= 15 is 0 Å². The van der Waals surface area contributed by atoms with Crippen molar-refractivity contribution >= 4 is 17.9 Å². The summed E-state index contributed by atoms with van der Waals surface area (Å²) >= 11 is 0. The molecule has 2 aromatic carbocycles. The lowest BCUT2D eigenvalue weighted by molar-refractivity contribution is -0.354. The zero-order valence-corrected chi connectivity index (χ0v) is 19.4. The molecule has 0 aliphatic carbocycles. The van der Waals surface area contributed by atoms with Crippen molar-refractivity contribution in [3.63, 3.8) is 0 Å². The second-order valence-corrected chi connectivity index (χ2v) is 8.32. The molecule has 186 valence electrons. The number of ether oxygens (including phenoxy) is 6. The van der Waals surface area contributed by atoms with Crippen molar-refractivity contribution in [3.8, 4) is 5.75 Å². The number of phenols is 1. The van der Waals surface area contributed by atoms with E-state index in [2.05, 4.69) is 0 Å². The van der Waals surface area contributed by atoms with E-state index in [-0.39, 0.29) is 17.9 Å². The quantitative estimate of drug-likeness (QED) is 0.498. The molecule has 35 heavy (non-hydrogen) atoms. The van der Waals surface area contributed by atoms with Crippen LogP contribution in [-0.4, -0.2) is 60.3 Å². The summed E-state index contributed by atoms with van der Waals surface area (Å²) < 4.78 is 34.2. The lowest BCUT2D eigenvalue weighted by Gasteiger charge is -2.47. The Morgan fingerprint density at radius 2 is 1.49 bits per heavy atom. The van der Waals surface area contributed by atoms with Gasteiger partial charge >= 0.3 is 17.9 Å². The van der Waals surface area contributed by atoms with Gasteiger partial charge in [-0.3, -0.25) is 9.59 Å². The van der Waals surface area contributed by atoms with Gasteiger partial charge in [0.25, 0.3) is 0 Å². The van der Waals surface area contributed by atoms with E-state index in [0.717, 1.165) is 5.56 Å². The molecule has 1 N–H and O–H groups in total. The smallest absolute Gasteiger partial charge is 0.340 e. The van der Waals surface area contributed by atoms with Crippen LogP contribution in [0.15, 0.2) is 48.5 Å². The van der Waals surface area contributed by atoms with Crippen LogP contribution in [0.3, 0.4) is 0 Å². The molecule has 2 aliphatic rings. The second-order valence-electron chi connectivity index (χ2n) is 8.32. The third-order valence-electron chi connectivity index (χ3n) is 5.56. The zero-order chi connectivity index (χ0) is 25.1. The minimum Gasteiger partial charge on any atom is -0.508 e. The highest BCUT2D eigenvalue weighted by molar-refractivity contribution is 5.89. The second kappa shape index (κ2) is 10.4. The lowest BCUT2D eigenvalue weighted by Crippen LogP contribution is -2.64. The van der Waals surface area contributed by atoms with Gasteiger partial charge in [-0.25, -0.2) is 4.79 Å². The average molecular weight is 486 g/mol. The number of benzene rings is 2. The van der Waals surface area contributed by atoms with E-state index in [1.807, 2.05) is 6.92 Å². The Bertz CT molecular complexity index is 1060. The maximum absolute atomic E-state index is 12.8. The van der Waals surface area contributed by atoms with Crippen LogP contribution < -0.4 is 0 Å². The summed E-state index contributed by atoms with van der Waals surface area (Å²) in [4.78, 5) is 36.7. The minimum atomic E-state index is -1.38. The summed E-state index contributed by atoms with van der Waals surface area (Å²) in [5.41, 5.74) is 1.85. The van der Waals surface area contributed by atoms with Crippen LogP contribution in [-0.2, 0) is 38.0 Å². The monoisotopic (exact) mass is 486 g/mol. The Morgan fingerprint density at radius 3 is 2.11 bits per heavy atom. The van der Waals surface area contributed by atoms with Crippen LogP contribution >= 0.6 is 0 Å². The largest absolute Gasteiger partial charge is 0.508 e. The molecule has 10 nitrogen and oxygen atoms in total. The first kappa shape index (κ1) is 24.6. The van der Waals surface area contributed by atoms with Crippen LogP contribution in [0, 0.1) is 6.92 Å². The molecule has 4 rings (SSSR count). The van der Waals surface area contributed by atoms with Crippen LogP contribution in [0.1, 0.15) is 41.6 Å². The summed E-state index contributed by atoms with van der Waals surface area (Å²) in [6.07, 6.45) is -6.36. The Morgan fingerprint density at radius 1 is 0.857 bits per heavy atom. The van der Waals surface area contributed by atoms with E-state index in [4.69, 9.17) is 28.4 Å². The molecule has 0 amide bonds. The van der Waals surface area contributed by atoms with E-state index in [0.29, 0.717) is 5.56 Å². The summed E-state index contributed by atoms with van der Waals surface area (Å²) in [6, 6.07) is 12.9. The Hall–Kier alpha value is -3.47. The number of carbonyl (C=O) groups is 3. The van der Waals surface area contributed by atoms with Gasteiger partial charge in [0, 0.05) is 19.4 Å². The first-order valence-corrected chi connectivity index (χ1v) is 11.0. The van der Waals surface area contributed by atoms with Crippen molar-refractivity contribution in [1.82, 2.24) is 0 Å².